The summed E-state index contributed by atoms with van der Waals surface area (Å²) < 4.78 is 28.9. The average molecular weight is 442 g/mol. The van der Waals surface area contributed by atoms with E-state index in [1.807, 2.05) is 36.4 Å². The quantitative estimate of drug-likeness (QED) is 0.492. The van der Waals surface area contributed by atoms with E-state index in [9.17, 15) is 0 Å². The SMILES string of the molecule is COc1c2c(cc3c1[C@H](C#CCOc1ccc4oc5ccccc5c4c1)[NH+](C)CC3)OCO2. The van der Waals surface area contributed by atoms with Gasteiger partial charge in [-0.2, -0.15) is 0 Å². The lowest BCUT2D eigenvalue weighted by atomic mass is 9.91. The maximum atomic E-state index is 5.98. The van der Waals surface area contributed by atoms with Crippen LogP contribution in [0.15, 0.2) is 52.9 Å². The molecule has 0 saturated carbocycles. The van der Waals surface area contributed by atoms with Crippen LogP contribution in [0.2, 0.25) is 0 Å². The van der Waals surface area contributed by atoms with Crippen LogP contribution >= 0.6 is 0 Å². The second kappa shape index (κ2) is 7.95. The van der Waals surface area contributed by atoms with Crippen LogP contribution in [-0.4, -0.2) is 34.1 Å². The van der Waals surface area contributed by atoms with Crippen molar-refractivity contribution in [1.29, 1.82) is 0 Å². The molecule has 1 unspecified atom stereocenters. The van der Waals surface area contributed by atoms with Crippen LogP contribution in [0.5, 0.6) is 23.0 Å². The number of furan rings is 1. The first-order valence-electron chi connectivity index (χ1n) is 11.1. The summed E-state index contributed by atoms with van der Waals surface area (Å²) in [5, 5.41) is 2.13. The Morgan fingerprint density at radius 2 is 1.94 bits per heavy atom. The van der Waals surface area contributed by atoms with Crippen molar-refractivity contribution in [3.05, 3.63) is 59.7 Å². The molecule has 6 heteroatoms. The van der Waals surface area contributed by atoms with Crippen LogP contribution in [-0.2, 0) is 6.42 Å². The van der Waals surface area contributed by atoms with Gasteiger partial charge in [-0.05, 0) is 41.8 Å². The summed E-state index contributed by atoms with van der Waals surface area (Å²) >= 11 is 0. The van der Waals surface area contributed by atoms with Crippen LogP contribution in [0.25, 0.3) is 21.9 Å². The Hall–Kier alpha value is -3.82. The summed E-state index contributed by atoms with van der Waals surface area (Å²) in [6, 6.07) is 15.9. The maximum absolute atomic E-state index is 5.98. The molecule has 4 aromatic rings. The third kappa shape index (κ3) is 3.33. The van der Waals surface area contributed by atoms with E-state index in [0.717, 1.165) is 57.7 Å². The minimum absolute atomic E-state index is 0.0258. The van der Waals surface area contributed by atoms with E-state index in [0.29, 0.717) is 12.4 Å². The molecule has 0 spiro atoms. The second-order valence-corrected chi connectivity index (χ2v) is 8.36. The Kier molecular flexibility index (Phi) is 4.78. The number of benzene rings is 3. The number of para-hydroxylation sites is 1. The largest absolute Gasteiger partial charge is 0.492 e. The molecule has 0 aliphatic carbocycles. The van der Waals surface area contributed by atoms with Crippen LogP contribution < -0.4 is 23.8 Å². The monoisotopic (exact) mass is 442 g/mol. The topological polar surface area (TPSA) is 54.5 Å². The van der Waals surface area contributed by atoms with Crippen molar-refractivity contribution >= 4 is 21.9 Å². The van der Waals surface area contributed by atoms with Gasteiger partial charge in [-0.1, -0.05) is 24.1 Å². The molecule has 0 amide bonds. The third-order valence-corrected chi connectivity index (χ3v) is 6.42. The number of nitrogens with one attached hydrogen (secondary N) is 1. The molecule has 0 radical (unpaired) electrons. The van der Waals surface area contributed by atoms with Gasteiger partial charge in [-0.25, -0.2) is 0 Å². The predicted octanol–water partition coefficient (Wildman–Crippen LogP) is 3.52. The number of rotatable bonds is 3. The van der Waals surface area contributed by atoms with Gasteiger partial charge in [-0.15, -0.1) is 0 Å². The first-order chi connectivity index (χ1) is 16.2. The Balaban J connectivity index is 1.26. The van der Waals surface area contributed by atoms with Gasteiger partial charge in [0.15, 0.2) is 17.5 Å². The van der Waals surface area contributed by atoms with Crippen molar-refractivity contribution in [1.82, 2.24) is 0 Å². The van der Waals surface area contributed by atoms with Gasteiger partial charge in [-0.3, -0.25) is 0 Å². The van der Waals surface area contributed by atoms with Crippen molar-refractivity contribution in [3.8, 4) is 34.8 Å². The van der Waals surface area contributed by atoms with Crippen LogP contribution in [0.4, 0.5) is 0 Å². The fourth-order valence-electron chi connectivity index (χ4n) is 4.78. The van der Waals surface area contributed by atoms with Gasteiger partial charge in [0.1, 0.15) is 23.5 Å². The third-order valence-electron chi connectivity index (χ3n) is 6.42. The standard InChI is InChI=1S/C27H23NO5/c1-28-12-11-17-14-24-26(32-16-31-24)27(29-2)25(17)21(28)7-5-13-30-18-9-10-23-20(15-18)19-6-3-4-8-22(19)33-23/h3-4,6,8-10,14-15,21H,11-13,16H2,1-2H3/p+1/t21-/m0/s1. The van der Waals surface area contributed by atoms with Crippen molar-refractivity contribution < 1.29 is 28.3 Å². The summed E-state index contributed by atoms with van der Waals surface area (Å²) in [6.45, 7) is 1.51. The molecule has 0 saturated heterocycles. The molecule has 1 aromatic heterocycles. The number of methoxy groups -OCH3 is 1. The molecule has 2 aliphatic heterocycles. The number of fused-ring (bicyclic) bond motifs is 5. The van der Waals surface area contributed by atoms with Crippen LogP contribution in [0.1, 0.15) is 17.2 Å². The normalized spacial score (nSPS) is 18.6. The van der Waals surface area contributed by atoms with E-state index in [1.165, 1.54) is 10.5 Å². The molecule has 3 heterocycles. The zero-order valence-corrected chi connectivity index (χ0v) is 18.6. The van der Waals surface area contributed by atoms with E-state index < -0.39 is 0 Å². The molecule has 6 nitrogen and oxygen atoms in total. The van der Waals surface area contributed by atoms with Gasteiger partial charge in [0.2, 0.25) is 12.5 Å². The average Bonchev–Trinajstić information content (AvgIpc) is 3.45. The highest BCUT2D eigenvalue weighted by molar-refractivity contribution is 6.05. The molecule has 2 aliphatic rings. The van der Waals surface area contributed by atoms with Crippen molar-refractivity contribution in [2.45, 2.75) is 12.5 Å². The maximum Gasteiger partial charge on any atom is 0.231 e. The first-order valence-corrected chi connectivity index (χ1v) is 11.1. The summed E-state index contributed by atoms with van der Waals surface area (Å²) in [5.41, 5.74) is 4.02. The lowest BCUT2D eigenvalue weighted by molar-refractivity contribution is -0.905. The van der Waals surface area contributed by atoms with E-state index in [4.69, 9.17) is 23.4 Å². The highest BCUT2D eigenvalue weighted by Gasteiger charge is 2.35. The fraction of sp³-hybridized carbons (Fsp3) is 0.259. The minimum Gasteiger partial charge on any atom is -0.492 e. The molecular formula is C27H24NO5+. The number of hydrogen-bond acceptors (Lipinski definition) is 5. The van der Waals surface area contributed by atoms with Crippen LogP contribution in [0, 0.1) is 11.8 Å². The molecular weight excluding hydrogens is 418 g/mol. The Bertz CT molecular complexity index is 1430. The number of ether oxygens (including phenoxy) is 4. The lowest BCUT2D eigenvalue weighted by Gasteiger charge is -2.29. The molecule has 166 valence electrons. The van der Waals surface area contributed by atoms with Crippen molar-refractivity contribution in [2.75, 3.05) is 34.1 Å². The second-order valence-electron chi connectivity index (χ2n) is 8.36. The number of hydrogen-bond donors (Lipinski definition) is 1. The van der Waals surface area contributed by atoms with E-state index in [2.05, 4.69) is 31.0 Å². The van der Waals surface area contributed by atoms with Gasteiger partial charge < -0.3 is 28.3 Å². The zero-order valence-electron chi connectivity index (χ0n) is 18.6. The lowest BCUT2D eigenvalue weighted by Crippen LogP contribution is -3.10. The summed E-state index contributed by atoms with van der Waals surface area (Å²) in [7, 11) is 3.83. The van der Waals surface area contributed by atoms with Gasteiger partial charge >= 0.3 is 0 Å². The van der Waals surface area contributed by atoms with Crippen LogP contribution in [0.3, 0.4) is 0 Å². The van der Waals surface area contributed by atoms with Gasteiger partial charge in [0.05, 0.1) is 26.3 Å². The van der Waals surface area contributed by atoms with E-state index >= 15 is 0 Å². The number of quaternary nitrogens is 1. The molecule has 2 atom stereocenters. The molecule has 6 rings (SSSR count). The summed E-state index contributed by atoms with van der Waals surface area (Å²) in [6.07, 6.45) is 0.946. The highest BCUT2D eigenvalue weighted by atomic mass is 16.7. The summed E-state index contributed by atoms with van der Waals surface area (Å²) in [5.74, 6) is 9.58. The minimum atomic E-state index is -0.0258. The number of likely N-dealkylation sites (N-methyl/N-ethyl adjacent to an activating group) is 1. The van der Waals surface area contributed by atoms with Crippen molar-refractivity contribution in [3.63, 3.8) is 0 Å². The summed E-state index contributed by atoms with van der Waals surface area (Å²) in [4.78, 5) is 1.32. The zero-order chi connectivity index (χ0) is 22.4. The smallest absolute Gasteiger partial charge is 0.231 e. The Morgan fingerprint density at radius 1 is 1.06 bits per heavy atom. The van der Waals surface area contributed by atoms with E-state index in [1.54, 1.807) is 7.11 Å². The van der Waals surface area contributed by atoms with Gasteiger partial charge in [0.25, 0.3) is 0 Å². The Morgan fingerprint density at radius 3 is 2.85 bits per heavy atom. The molecule has 0 fully saturated rings. The molecule has 3 aromatic carbocycles. The highest BCUT2D eigenvalue weighted by Crippen LogP contribution is 2.47. The first kappa shape index (κ1) is 19.8. The predicted molar refractivity (Wildman–Crippen MR) is 124 cm³/mol. The molecule has 0 bridgehead atoms. The van der Waals surface area contributed by atoms with Gasteiger partial charge in [0, 0.05) is 17.2 Å². The molecule has 1 N–H and O–H groups in total. The van der Waals surface area contributed by atoms with E-state index in [-0.39, 0.29) is 12.8 Å². The Labute approximate surface area is 191 Å². The van der Waals surface area contributed by atoms with Crippen molar-refractivity contribution in [2.24, 2.45) is 0 Å². The molecule has 33 heavy (non-hydrogen) atoms. The fourth-order valence-corrected chi connectivity index (χ4v) is 4.78.